The molecule has 1 aliphatic heterocycles. The molecule has 1 aliphatic rings. The second-order valence-electron chi connectivity index (χ2n) is 4.63. The van der Waals surface area contributed by atoms with Crippen LogP contribution in [0.25, 0.3) is 0 Å². The number of methoxy groups -OCH3 is 1. The molecule has 98 valence electrons. The molecule has 1 heterocycles. The summed E-state index contributed by atoms with van der Waals surface area (Å²) in [6.45, 7) is 0.885. The number of hydrogen-bond donors (Lipinski definition) is 0. The standard InChI is InChI=1S/C14H18FNO2/c1-18-14(17)13-8-7-12(15)10-16(13)9-11-5-3-2-4-6-11/h2-6,12-13H,7-10H2,1H3/t12-,13-/m0/s1. The van der Waals surface area contributed by atoms with E-state index in [1.165, 1.54) is 7.11 Å². The smallest absolute Gasteiger partial charge is 0.323 e. The summed E-state index contributed by atoms with van der Waals surface area (Å²) in [7, 11) is 1.38. The number of alkyl halides is 1. The topological polar surface area (TPSA) is 29.5 Å². The Morgan fingerprint density at radius 3 is 2.78 bits per heavy atom. The third-order valence-corrected chi connectivity index (χ3v) is 3.33. The number of carbonyl (C=O) groups is 1. The number of esters is 1. The van der Waals surface area contributed by atoms with Crippen LogP contribution in [-0.2, 0) is 16.1 Å². The Morgan fingerprint density at radius 2 is 2.11 bits per heavy atom. The summed E-state index contributed by atoms with van der Waals surface area (Å²) in [5, 5.41) is 0. The van der Waals surface area contributed by atoms with E-state index in [1.807, 2.05) is 35.2 Å². The maximum atomic E-state index is 13.5. The first-order valence-electron chi connectivity index (χ1n) is 6.20. The number of likely N-dealkylation sites (tertiary alicyclic amines) is 1. The van der Waals surface area contributed by atoms with Gasteiger partial charge in [-0.05, 0) is 18.4 Å². The highest BCUT2D eigenvalue weighted by atomic mass is 19.1. The van der Waals surface area contributed by atoms with Crippen molar-refractivity contribution in [3.63, 3.8) is 0 Å². The van der Waals surface area contributed by atoms with Crippen molar-refractivity contribution in [3.05, 3.63) is 35.9 Å². The zero-order valence-corrected chi connectivity index (χ0v) is 10.5. The monoisotopic (exact) mass is 251 g/mol. The first-order chi connectivity index (χ1) is 8.70. The third-order valence-electron chi connectivity index (χ3n) is 3.33. The fourth-order valence-electron chi connectivity index (χ4n) is 2.39. The highest BCUT2D eigenvalue weighted by Gasteiger charge is 2.33. The molecular formula is C14H18FNO2. The Bertz CT molecular complexity index is 396. The molecule has 3 nitrogen and oxygen atoms in total. The Hall–Kier alpha value is -1.42. The van der Waals surface area contributed by atoms with Crippen LogP contribution in [0.5, 0.6) is 0 Å². The Kier molecular flexibility index (Phi) is 4.31. The summed E-state index contributed by atoms with van der Waals surface area (Å²) in [5.74, 6) is -0.266. The number of hydrogen-bond acceptors (Lipinski definition) is 3. The Balaban J connectivity index is 2.08. The number of benzene rings is 1. The molecule has 2 rings (SSSR count). The van der Waals surface area contributed by atoms with Crippen molar-refractivity contribution in [3.8, 4) is 0 Å². The van der Waals surface area contributed by atoms with E-state index in [2.05, 4.69) is 0 Å². The minimum atomic E-state index is -0.852. The van der Waals surface area contributed by atoms with Crippen molar-refractivity contribution in [2.75, 3.05) is 13.7 Å². The lowest BCUT2D eigenvalue weighted by atomic mass is 10.00. The maximum Gasteiger partial charge on any atom is 0.323 e. The molecule has 1 saturated heterocycles. The molecule has 0 saturated carbocycles. The molecule has 0 aliphatic carbocycles. The normalized spacial score (nSPS) is 24.8. The van der Waals surface area contributed by atoms with Gasteiger partial charge >= 0.3 is 5.97 Å². The molecule has 0 radical (unpaired) electrons. The van der Waals surface area contributed by atoms with Crippen LogP contribution in [0.2, 0.25) is 0 Å². The van der Waals surface area contributed by atoms with Gasteiger partial charge in [0.25, 0.3) is 0 Å². The lowest BCUT2D eigenvalue weighted by molar-refractivity contribution is -0.149. The molecule has 1 aromatic rings. The number of ether oxygens (including phenoxy) is 1. The zero-order valence-electron chi connectivity index (χ0n) is 10.5. The number of piperidine rings is 1. The predicted octanol–water partition coefficient (Wildman–Crippen LogP) is 2.16. The van der Waals surface area contributed by atoms with Crippen LogP contribution < -0.4 is 0 Å². The van der Waals surface area contributed by atoms with Gasteiger partial charge in [0.1, 0.15) is 12.2 Å². The first kappa shape index (κ1) is 13.0. The van der Waals surface area contributed by atoms with Crippen LogP contribution in [0.15, 0.2) is 30.3 Å². The summed E-state index contributed by atoms with van der Waals surface area (Å²) in [6, 6.07) is 9.47. The molecule has 0 amide bonds. The van der Waals surface area contributed by atoms with Gasteiger partial charge in [-0.1, -0.05) is 30.3 Å². The second kappa shape index (κ2) is 5.96. The van der Waals surface area contributed by atoms with Crippen LogP contribution in [0.3, 0.4) is 0 Å². The quantitative estimate of drug-likeness (QED) is 0.771. The van der Waals surface area contributed by atoms with Crippen molar-refractivity contribution in [1.82, 2.24) is 4.90 Å². The van der Waals surface area contributed by atoms with E-state index < -0.39 is 6.17 Å². The van der Waals surface area contributed by atoms with Crippen LogP contribution in [0.4, 0.5) is 4.39 Å². The van der Waals surface area contributed by atoms with Gasteiger partial charge in [0.15, 0.2) is 0 Å². The van der Waals surface area contributed by atoms with Crippen LogP contribution >= 0.6 is 0 Å². The molecule has 0 aromatic heterocycles. The SMILES string of the molecule is COC(=O)[C@@H]1CC[C@H](F)CN1Cc1ccccc1. The summed E-state index contributed by atoms with van der Waals surface area (Å²) >= 11 is 0. The predicted molar refractivity (Wildman–Crippen MR) is 66.8 cm³/mol. The van der Waals surface area contributed by atoms with Gasteiger partial charge in [0, 0.05) is 13.1 Å². The molecule has 1 aromatic carbocycles. The van der Waals surface area contributed by atoms with Gasteiger partial charge in [-0.15, -0.1) is 0 Å². The molecule has 0 N–H and O–H groups in total. The minimum Gasteiger partial charge on any atom is -0.468 e. The van der Waals surface area contributed by atoms with Gasteiger partial charge in [-0.2, -0.15) is 0 Å². The van der Waals surface area contributed by atoms with E-state index in [1.54, 1.807) is 0 Å². The van der Waals surface area contributed by atoms with Crippen molar-refractivity contribution >= 4 is 5.97 Å². The molecule has 18 heavy (non-hydrogen) atoms. The van der Waals surface area contributed by atoms with Crippen molar-refractivity contribution in [2.45, 2.75) is 31.6 Å². The highest BCUT2D eigenvalue weighted by molar-refractivity contribution is 5.75. The fourth-order valence-corrected chi connectivity index (χ4v) is 2.39. The molecule has 0 bridgehead atoms. The van der Waals surface area contributed by atoms with E-state index in [0.717, 1.165) is 5.56 Å². The van der Waals surface area contributed by atoms with E-state index in [4.69, 9.17) is 4.74 Å². The summed E-state index contributed by atoms with van der Waals surface area (Å²) in [4.78, 5) is 13.6. The molecular weight excluding hydrogens is 233 g/mol. The first-order valence-corrected chi connectivity index (χ1v) is 6.20. The second-order valence-corrected chi connectivity index (χ2v) is 4.63. The van der Waals surface area contributed by atoms with Crippen molar-refractivity contribution < 1.29 is 13.9 Å². The number of rotatable bonds is 3. The number of halogens is 1. The largest absolute Gasteiger partial charge is 0.468 e. The third kappa shape index (κ3) is 3.07. The van der Waals surface area contributed by atoms with E-state index >= 15 is 0 Å². The van der Waals surface area contributed by atoms with E-state index in [0.29, 0.717) is 25.9 Å². The minimum absolute atomic E-state index is 0.266. The van der Waals surface area contributed by atoms with Crippen LogP contribution in [0.1, 0.15) is 18.4 Å². The molecule has 0 unspecified atom stereocenters. The molecule has 1 fully saturated rings. The Labute approximate surface area is 107 Å². The van der Waals surface area contributed by atoms with E-state index in [9.17, 15) is 9.18 Å². The average Bonchev–Trinajstić information content (AvgIpc) is 2.39. The average molecular weight is 251 g/mol. The zero-order chi connectivity index (χ0) is 13.0. The van der Waals surface area contributed by atoms with Crippen molar-refractivity contribution in [1.29, 1.82) is 0 Å². The number of carbonyl (C=O) groups excluding carboxylic acids is 1. The van der Waals surface area contributed by atoms with Gasteiger partial charge in [-0.3, -0.25) is 9.69 Å². The van der Waals surface area contributed by atoms with Gasteiger partial charge in [0.2, 0.25) is 0 Å². The summed E-state index contributed by atoms with van der Waals surface area (Å²) < 4.78 is 18.3. The Morgan fingerprint density at radius 1 is 1.39 bits per heavy atom. The van der Waals surface area contributed by atoms with Crippen LogP contribution in [-0.4, -0.2) is 36.7 Å². The lowest BCUT2D eigenvalue weighted by Gasteiger charge is -2.35. The van der Waals surface area contributed by atoms with Gasteiger partial charge in [0.05, 0.1) is 7.11 Å². The summed E-state index contributed by atoms with van der Waals surface area (Å²) in [6.07, 6.45) is 0.112. The van der Waals surface area contributed by atoms with Gasteiger partial charge in [-0.25, -0.2) is 4.39 Å². The summed E-state index contributed by atoms with van der Waals surface area (Å²) in [5.41, 5.74) is 1.08. The van der Waals surface area contributed by atoms with E-state index in [-0.39, 0.29) is 12.0 Å². The molecule has 2 atom stereocenters. The lowest BCUT2D eigenvalue weighted by Crippen LogP contribution is -2.48. The van der Waals surface area contributed by atoms with Crippen LogP contribution in [0, 0.1) is 0 Å². The maximum absolute atomic E-state index is 13.5. The van der Waals surface area contributed by atoms with Gasteiger partial charge < -0.3 is 4.74 Å². The van der Waals surface area contributed by atoms with Crippen molar-refractivity contribution in [2.24, 2.45) is 0 Å². The molecule has 4 heteroatoms. The number of nitrogens with zero attached hydrogens (tertiary/aromatic N) is 1. The fraction of sp³-hybridized carbons (Fsp3) is 0.500. The molecule has 0 spiro atoms. The highest BCUT2D eigenvalue weighted by Crippen LogP contribution is 2.22.